The molecule has 0 aliphatic carbocycles. The quantitative estimate of drug-likeness (QED) is 0.446. The zero-order valence-corrected chi connectivity index (χ0v) is 15.2. The van der Waals surface area contributed by atoms with E-state index in [9.17, 15) is 19.2 Å². The van der Waals surface area contributed by atoms with Crippen molar-refractivity contribution in [1.29, 1.82) is 0 Å². The van der Waals surface area contributed by atoms with Gasteiger partial charge in [-0.25, -0.2) is 4.79 Å². The molecule has 1 rings (SSSR count). The zero-order chi connectivity index (χ0) is 20.1. The Morgan fingerprint density at radius 2 is 1.78 bits per heavy atom. The van der Waals surface area contributed by atoms with Crippen LogP contribution in [0.15, 0.2) is 30.3 Å². The number of benzene rings is 1. The standard InChI is InChI=1S/C18H25N3O6/c1-26-18(25)14(21-16(23)9-10-19)7-8-15(22)20-11-17(24)27-12-13-5-3-2-4-6-13/h2-6,14H,7-12,19H2,1H3,(H,20,22)(H,21,23). The lowest BCUT2D eigenvalue weighted by molar-refractivity contribution is -0.146. The van der Waals surface area contributed by atoms with Gasteiger partial charge in [-0.15, -0.1) is 0 Å². The van der Waals surface area contributed by atoms with Gasteiger partial charge < -0.3 is 25.8 Å². The van der Waals surface area contributed by atoms with Crippen molar-refractivity contribution in [2.75, 3.05) is 20.2 Å². The third kappa shape index (κ3) is 9.36. The van der Waals surface area contributed by atoms with Gasteiger partial charge in [0.25, 0.3) is 0 Å². The van der Waals surface area contributed by atoms with Crippen LogP contribution in [0.4, 0.5) is 0 Å². The van der Waals surface area contributed by atoms with Gasteiger partial charge in [0.2, 0.25) is 11.8 Å². The molecular formula is C18H25N3O6. The third-order valence-electron chi connectivity index (χ3n) is 3.52. The smallest absolute Gasteiger partial charge is 0.328 e. The van der Waals surface area contributed by atoms with Crippen LogP contribution in [-0.2, 0) is 35.3 Å². The first kappa shape index (κ1) is 22.1. The highest BCUT2D eigenvalue weighted by Crippen LogP contribution is 2.02. The van der Waals surface area contributed by atoms with Gasteiger partial charge in [-0.1, -0.05) is 30.3 Å². The normalized spacial score (nSPS) is 11.2. The van der Waals surface area contributed by atoms with E-state index in [0.29, 0.717) is 0 Å². The molecule has 4 N–H and O–H groups in total. The third-order valence-corrected chi connectivity index (χ3v) is 3.52. The number of hydrogen-bond acceptors (Lipinski definition) is 7. The van der Waals surface area contributed by atoms with Gasteiger partial charge in [0.1, 0.15) is 19.2 Å². The summed E-state index contributed by atoms with van der Waals surface area (Å²) in [5, 5.41) is 4.87. The van der Waals surface area contributed by atoms with Crippen LogP contribution in [0.3, 0.4) is 0 Å². The molecule has 0 bridgehead atoms. The number of carbonyl (C=O) groups excluding carboxylic acids is 4. The maximum atomic E-state index is 11.8. The predicted octanol–water partition coefficient (Wildman–Crippen LogP) is -0.367. The molecule has 9 nitrogen and oxygen atoms in total. The van der Waals surface area contributed by atoms with Crippen molar-refractivity contribution in [3.63, 3.8) is 0 Å². The minimum Gasteiger partial charge on any atom is -0.467 e. The Morgan fingerprint density at radius 1 is 1.07 bits per heavy atom. The minimum atomic E-state index is -0.954. The highest BCUT2D eigenvalue weighted by molar-refractivity contribution is 5.86. The Balaban J connectivity index is 2.33. The molecule has 0 heterocycles. The molecule has 1 atom stereocenters. The Labute approximate surface area is 157 Å². The monoisotopic (exact) mass is 379 g/mol. The van der Waals surface area contributed by atoms with E-state index in [2.05, 4.69) is 15.4 Å². The van der Waals surface area contributed by atoms with Gasteiger partial charge in [-0.2, -0.15) is 0 Å². The van der Waals surface area contributed by atoms with Gasteiger partial charge in [0, 0.05) is 19.4 Å². The van der Waals surface area contributed by atoms with E-state index in [-0.39, 0.29) is 39.0 Å². The molecule has 1 aromatic carbocycles. The molecule has 0 saturated carbocycles. The first-order valence-corrected chi connectivity index (χ1v) is 8.49. The fourth-order valence-corrected chi connectivity index (χ4v) is 2.11. The van der Waals surface area contributed by atoms with Crippen LogP contribution >= 0.6 is 0 Å². The largest absolute Gasteiger partial charge is 0.467 e. The molecule has 0 aromatic heterocycles. The van der Waals surface area contributed by atoms with Crippen LogP contribution in [0.2, 0.25) is 0 Å². The maximum absolute atomic E-state index is 11.8. The van der Waals surface area contributed by atoms with Crippen molar-refractivity contribution in [2.24, 2.45) is 5.73 Å². The lowest BCUT2D eigenvalue weighted by atomic mass is 10.1. The van der Waals surface area contributed by atoms with E-state index in [1.165, 1.54) is 7.11 Å². The van der Waals surface area contributed by atoms with Crippen LogP contribution in [0.5, 0.6) is 0 Å². The number of hydrogen-bond donors (Lipinski definition) is 3. The van der Waals surface area contributed by atoms with Crippen molar-refractivity contribution < 1.29 is 28.7 Å². The molecular weight excluding hydrogens is 354 g/mol. The molecule has 9 heteroatoms. The summed E-state index contributed by atoms with van der Waals surface area (Å²) in [5.74, 6) is -2.09. The molecule has 27 heavy (non-hydrogen) atoms. The summed E-state index contributed by atoms with van der Waals surface area (Å²) in [7, 11) is 1.19. The summed E-state index contributed by atoms with van der Waals surface area (Å²) in [6.07, 6.45) is 0.0233. The molecule has 2 amide bonds. The molecule has 0 spiro atoms. The average Bonchev–Trinajstić information content (AvgIpc) is 2.68. The van der Waals surface area contributed by atoms with Crippen molar-refractivity contribution in [2.45, 2.75) is 31.9 Å². The van der Waals surface area contributed by atoms with Crippen LogP contribution < -0.4 is 16.4 Å². The molecule has 1 aromatic rings. The fourth-order valence-electron chi connectivity index (χ4n) is 2.11. The Morgan fingerprint density at radius 3 is 2.41 bits per heavy atom. The molecule has 0 radical (unpaired) electrons. The first-order chi connectivity index (χ1) is 13.0. The molecule has 0 saturated heterocycles. The number of esters is 2. The predicted molar refractivity (Wildman–Crippen MR) is 96.1 cm³/mol. The minimum absolute atomic E-state index is 0.0356. The lowest BCUT2D eigenvalue weighted by Crippen LogP contribution is -2.43. The molecule has 0 aliphatic rings. The van der Waals surface area contributed by atoms with E-state index in [1.807, 2.05) is 30.3 Å². The Bertz CT molecular complexity index is 635. The second kappa shape index (κ2) is 12.4. The summed E-state index contributed by atoms with van der Waals surface area (Å²) < 4.78 is 9.65. The second-order valence-corrected chi connectivity index (χ2v) is 5.64. The topological polar surface area (TPSA) is 137 Å². The zero-order valence-electron chi connectivity index (χ0n) is 15.2. The van der Waals surface area contributed by atoms with Crippen molar-refractivity contribution >= 4 is 23.8 Å². The highest BCUT2D eigenvalue weighted by Gasteiger charge is 2.22. The Hall–Kier alpha value is -2.94. The number of carbonyl (C=O) groups is 4. The number of nitrogens with two attached hydrogens (primary N) is 1. The van der Waals surface area contributed by atoms with Crippen molar-refractivity contribution in [1.82, 2.24) is 10.6 Å². The first-order valence-electron chi connectivity index (χ1n) is 8.49. The van der Waals surface area contributed by atoms with Crippen LogP contribution in [0.25, 0.3) is 0 Å². The van der Waals surface area contributed by atoms with Gasteiger partial charge in [-0.05, 0) is 12.0 Å². The van der Waals surface area contributed by atoms with Crippen molar-refractivity contribution in [3.05, 3.63) is 35.9 Å². The molecule has 1 unspecified atom stereocenters. The summed E-state index contributed by atoms with van der Waals surface area (Å²) in [5.41, 5.74) is 6.12. The number of rotatable bonds is 11. The highest BCUT2D eigenvalue weighted by atomic mass is 16.5. The van der Waals surface area contributed by atoms with Crippen LogP contribution in [-0.4, -0.2) is 50.0 Å². The maximum Gasteiger partial charge on any atom is 0.328 e. The van der Waals surface area contributed by atoms with E-state index >= 15 is 0 Å². The van der Waals surface area contributed by atoms with E-state index in [0.717, 1.165) is 5.56 Å². The molecule has 0 fully saturated rings. The fraction of sp³-hybridized carbons (Fsp3) is 0.444. The summed E-state index contributed by atoms with van der Waals surface area (Å²) >= 11 is 0. The number of ether oxygens (including phenoxy) is 2. The van der Waals surface area contributed by atoms with E-state index < -0.39 is 29.8 Å². The van der Waals surface area contributed by atoms with Crippen LogP contribution in [0, 0.1) is 0 Å². The number of amides is 2. The van der Waals surface area contributed by atoms with Crippen molar-refractivity contribution in [3.8, 4) is 0 Å². The number of methoxy groups -OCH3 is 1. The van der Waals surface area contributed by atoms with Gasteiger partial charge in [0.05, 0.1) is 7.11 Å². The molecule has 0 aliphatic heterocycles. The molecule has 148 valence electrons. The van der Waals surface area contributed by atoms with Crippen LogP contribution in [0.1, 0.15) is 24.8 Å². The van der Waals surface area contributed by atoms with E-state index in [4.69, 9.17) is 10.5 Å². The summed E-state index contributed by atoms with van der Waals surface area (Å²) in [4.78, 5) is 46.7. The second-order valence-electron chi connectivity index (χ2n) is 5.64. The lowest BCUT2D eigenvalue weighted by Gasteiger charge is -2.16. The number of nitrogens with one attached hydrogen (secondary N) is 2. The van der Waals surface area contributed by atoms with Gasteiger partial charge in [0.15, 0.2) is 0 Å². The average molecular weight is 379 g/mol. The van der Waals surface area contributed by atoms with Gasteiger partial charge >= 0.3 is 11.9 Å². The van der Waals surface area contributed by atoms with Gasteiger partial charge in [-0.3, -0.25) is 14.4 Å². The summed E-state index contributed by atoms with van der Waals surface area (Å²) in [6.45, 7) is -0.0213. The Kier molecular flexibility index (Phi) is 10.2. The van der Waals surface area contributed by atoms with E-state index in [1.54, 1.807) is 0 Å². The summed E-state index contributed by atoms with van der Waals surface area (Å²) in [6, 6.07) is 8.19. The SMILES string of the molecule is COC(=O)C(CCC(=O)NCC(=O)OCc1ccccc1)NC(=O)CCN.